The van der Waals surface area contributed by atoms with Gasteiger partial charge in [0.1, 0.15) is 0 Å². The van der Waals surface area contributed by atoms with E-state index in [1.807, 2.05) is 12.3 Å². The van der Waals surface area contributed by atoms with E-state index in [-0.39, 0.29) is 0 Å². The maximum Gasteiger partial charge on any atom is 0.0972 e. The molecule has 36 heavy (non-hydrogen) atoms. The van der Waals surface area contributed by atoms with Crippen molar-refractivity contribution in [2.75, 3.05) is 0 Å². The lowest BCUT2D eigenvalue weighted by molar-refractivity contribution is 1.29. The van der Waals surface area contributed by atoms with Gasteiger partial charge in [-0.25, -0.2) is 4.98 Å². The predicted molar refractivity (Wildman–Crippen MR) is 152 cm³/mol. The zero-order valence-corrected chi connectivity index (χ0v) is 19.4. The second-order valence-electron chi connectivity index (χ2n) is 9.46. The summed E-state index contributed by atoms with van der Waals surface area (Å²) in [6.07, 6.45) is 1.98. The van der Waals surface area contributed by atoms with E-state index < -0.39 is 0 Å². The fourth-order valence-electron chi connectivity index (χ4n) is 5.72. The molecule has 2 heterocycles. The van der Waals surface area contributed by atoms with Crippen LogP contribution < -0.4 is 0 Å². The van der Waals surface area contributed by atoms with Crippen molar-refractivity contribution >= 4 is 54.0 Å². The van der Waals surface area contributed by atoms with Crippen molar-refractivity contribution in [3.05, 3.63) is 121 Å². The molecule has 0 radical (unpaired) electrons. The summed E-state index contributed by atoms with van der Waals surface area (Å²) in [6.45, 7) is 0. The van der Waals surface area contributed by atoms with Crippen LogP contribution in [-0.4, -0.2) is 9.97 Å². The Morgan fingerprint density at radius 2 is 1.08 bits per heavy atom. The molecule has 0 aliphatic heterocycles. The lowest BCUT2D eigenvalue weighted by Crippen LogP contribution is -1.92. The molecule has 0 aliphatic carbocycles. The third-order valence-electron chi connectivity index (χ3n) is 7.41. The minimum absolute atomic E-state index is 0.887. The molecular weight excluding hydrogens is 436 g/mol. The van der Waals surface area contributed by atoms with Gasteiger partial charge in [-0.15, -0.1) is 0 Å². The van der Waals surface area contributed by atoms with Crippen molar-refractivity contribution in [1.82, 2.24) is 9.97 Å². The molecular formula is C34H20N2. The van der Waals surface area contributed by atoms with Gasteiger partial charge >= 0.3 is 0 Å². The summed E-state index contributed by atoms with van der Waals surface area (Å²) in [5.41, 5.74) is 5.08. The van der Waals surface area contributed by atoms with Gasteiger partial charge in [0.2, 0.25) is 0 Å². The highest BCUT2D eigenvalue weighted by Crippen LogP contribution is 2.38. The van der Waals surface area contributed by atoms with E-state index in [9.17, 15) is 0 Å². The topological polar surface area (TPSA) is 25.8 Å². The number of rotatable bonds is 2. The number of nitrogens with zero attached hydrogens (tertiary/aromatic N) is 2. The maximum absolute atomic E-state index is 5.01. The van der Waals surface area contributed by atoms with Crippen molar-refractivity contribution in [1.29, 1.82) is 0 Å². The van der Waals surface area contributed by atoms with Gasteiger partial charge in [-0.2, -0.15) is 0 Å². The molecule has 0 amide bonds. The molecule has 2 nitrogen and oxygen atoms in total. The fourth-order valence-corrected chi connectivity index (χ4v) is 5.72. The molecule has 6 aromatic carbocycles. The fraction of sp³-hybridized carbons (Fsp3) is 0. The van der Waals surface area contributed by atoms with Crippen LogP contribution in [0.3, 0.4) is 0 Å². The van der Waals surface area contributed by atoms with Gasteiger partial charge in [0.15, 0.2) is 0 Å². The molecule has 0 N–H and O–H groups in total. The summed E-state index contributed by atoms with van der Waals surface area (Å²) < 4.78 is 0. The highest BCUT2D eigenvalue weighted by Gasteiger charge is 2.13. The molecule has 0 saturated carbocycles. The Labute approximate surface area is 207 Å². The third-order valence-corrected chi connectivity index (χ3v) is 7.41. The Bertz CT molecular complexity index is 2020. The van der Waals surface area contributed by atoms with Gasteiger partial charge in [-0.05, 0) is 67.5 Å². The zero-order valence-electron chi connectivity index (χ0n) is 19.4. The summed E-state index contributed by atoms with van der Waals surface area (Å²) in [5, 5.41) is 11.3. The second kappa shape index (κ2) is 7.34. The molecule has 0 unspecified atom stereocenters. The summed E-state index contributed by atoms with van der Waals surface area (Å²) in [7, 11) is 0. The number of hydrogen-bond donors (Lipinski definition) is 0. The van der Waals surface area contributed by atoms with Gasteiger partial charge < -0.3 is 0 Å². The van der Waals surface area contributed by atoms with Gasteiger partial charge in [-0.3, -0.25) is 4.98 Å². The monoisotopic (exact) mass is 456 g/mol. The molecule has 0 atom stereocenters. The van der Waals surface area contributed by atoms with Gasteiger partial charge in [0, 0.05) is 22.5 Å². The standard InChI is InChI=1S/C34H20N2/c1-2-10-29-27(8-1)28-9-3-4-11-30(28)36-34(29)31-17-16-25(20-35-31)26-18-23-14-12-21-6-5-7-22-13-15-24(19-26)33(23)32(21)22/h1-20H. The van der Waals surface area contributed by atoms with Gasteiger partial charge in [0.25, 0.3) is 0 Å². The van der Waals surface area contributed by atoms with Crippen molar-refractivity contribution in [3.8, 4) is 22.5 Å². The van der Waals surface area contributed by atoms with Crippen molar-refractivity contribution < 1.29 is 0 Å². The van der Waals surface area contributed by atoms with E-state index in [1.165, 1.54) is 48.7 Å². The molecule has 8 rings (SSSR count). The first-order valence-electron chi connectivity index (χ1n) is 12.3. The van der Waals surface area contributed by atoms with Gasteiger partial charge in [0.05, 0.1) is 16.9 Å². The summed E-state index contributed by atoms with van der Waals surface area (Å²) >= 11 is 0. The molecule has 2 heteroatoms. The van der Waals surface area contributed by atoms with Crippen LogP contribution in [-0.2, 0) is 0 Å². The normalized spacial score (nSPS) is 11.9. The molecule has 0 fully saturated rings. The smallest absolute Gasteiger partial charge is 0.0972 e. The number of hydrogen-bond acceptors (Lipinski definition) is 2. The lowest BCUT2D eigenvalue weighted by atomic mass is 9.91. The number of fused-ring (bicyclic) bond motifs is 3. The van der Waals surface area contributed by atoms with Crippen LogP contribution in [0.4, 0.5) is 0 Å². The van der Waals surface area contributed by atoms with E-state index in [0.29, 0.717) is 0 Å². The first kappa shape index (κ1) is 19.5. The van der Waals surface area contributed by atoms with Gasteiger partial charge in [-0.1, -0.05) is 91.0 Å². The largest absolute Gasteiger partial charge is 0.254 e. The van der Waals surface area contributed by atoms with Crippen LogP contribution in [0.15, 0.2) is 121 Å². The summed E-state index contributed by atoms with van der Waals surface area (Å²) in [4.78, 5) is 9.91. The van der Waals surface area contributed by atoms with Crippen LogP contribution in [0, 0.1) is 0 Å². The second-order valence-corrected chi connectivity index (χ2v) is 9.46. The minimum Gasteiger partial charge on any atom is -0.254 e. The van der Waals surface area contributed by atoms with E-state index in [1.54, 1.807) is 0 Å². The SMILES string of the molecule is c1cc2ccc3cc(-c4ccc(-c5nc6ccccc6c6ccccc56)nc4)cc4ccc(c1)c2c34. The Kier molecular flexibility index (Phi) is 3.97. The third kappa shape index (κ3) is 2.79. The minimum atomic E-state index is 0.887. The quantitative estimate of drug-likeness (QED) is 0.243. The molecule has 0 spiro atoms. The lowest BCUT2D eigenvalue weighted by Gasteiger charge is -2.13. The van der Waals surface area contributed by atoms with Crippen LogP contribution in [0.1, 0.15) is 0 Å². The Balaban J connectivity index is 1.29. The highest BCUT2D eigenvalue weighted by molar-refractivity contribution is 6.23. The van der Waals surface area contributed by atoms with Crippen LogP contribution in [0.25, 0.3) is 76.5 Å². The first-order chi connectivity index (χ1) is 17.8. The van der Waals surface area contributed by atoms with Crippen molar-refractivity contribution in [2.24, 2.45) is 0 Å². The first-order valence-corrected chi connectivity index (χ1v) is 12.3. The Morgan fingerprint density at radius 1 is 0.444 bits per heavy atom. The maximum atomic E-state index is 5.01. The highest BCUT2D eigenvalue weighted by atomic mass is 14.8. The Morgan fingerprint density at radius 3 is 1.81 bits per heavy atom. The average Bonchev–Trinajstić information content (AvgIpc) is 2.95. The summed E-state index contributed by atoms with van der Waals surface area (Å²) in [6, 6.07) is 41.1. The van der Waals surface area contributed by atoms with E-state index in [4.69, 9.17) is 9.97 Å². The van der Waals surface area contributed by atoms with Crippen LogP contribution in [0.5, 0.6) is 0 Å². The van der Waals surface area contributed by atoms with Crippen molar-refractivity contribution in [2.45, 2.75) is 0 Å². The van der Waals surface area contributed by atoms with Crippen LogP contribution in [0.2, 0.25) is 0 Å². The van der Waals surface area contributed by atoms with Crippen LogP contribution >= 0.6 is 0 Å². The van der Waals surface area contributed by atoms with E-state index in [0.717, 1.165) is 27.9 Å². The number of pyridine rings is 2. The van der Waals surface area contributed by atoms with E-state index >= 15 is 0 Å². The number of aromatic nitrogens is 2. The predicted octanol–water partition coefficient (Wildman–Crippen LogP) is 9.01. The molecule has 0 bridgehead atoms. The molecule has 8 aromatic rings. The number of para-hydroxylation sites is 1. The molecule has 2 aromatic heterocycles. The molecule has 166 valence electrons. The van der Waals surface area contributed by atoms with Crippen molar-refractivity contribution in [3.63, 3.8) is 0 Å². The number of benzene rings is 6. The zero-order chi connectivity index (χ0) is 23.6. The summed E-state index contributed by atoms with van der Waals surface area (Å²) in [5.74, 6) is 0. The van der Waals surface area contributed by atoms with E-state index in [2.05, 4.69) is 109 Å². The average molecular weight is 457 g/mol. The molecule has 0 saturated heterocycles. The Hall–Kier alpha value is -4.82. The molecule has 0 aliphatic rings.